The number of aromatic nitrogens is 6. The molecule has 0 radical (unpaired) electrons. The van der Waals surface area contributed by atoms with Crippen LogP contribution in [-0.2, 0) is 38.5 Å². The molecule has 6 heterocycles. The summed E-state index contributed by atoms with van der Waals surface area (Å²) in [5, 5.41) is 28.1. The minimum Gasteiger partial charge on any atom is -0.508 e. The third kappa shape index (κ3) is 20.1. The number of halogens is 4. The van der Waals surface area contributed by atoms with Crippen LogP contribution in [0.15, 0.2) is 357 Å². The fourth-order valence-electron chi connectivity index (χ4n) is 13.7. The molecule has 0 unspecified atom stereocenters. The molecular weight excluding hydrogens is 1450 g/mol. The molecule has 0 fully saturated rings. The molecule has 0 atom stereocenters. The molecule has 0 aliphatic carbocycles. The van der Waals surface area contributed by atoms with Crippen molar-refractivity contribution in [1.29, 1.82) is 5.26 Å². The summed E-state index contributed by atoms with van der Waals surface area (Å²) in [6, 6.07) is 90.7. The summed E-state index contributed by atoms with van der Waals surface area (Å²) in [5.41, 5.74) is 11.9. The highest BCUT2D eigenvalue weighted by Crippen LogP contribution is 2.25. The lowest BCUT2D eigenvalue weighted by atomic mass is 10.00. The Balaban J connectivity index is 0.000000120. The van der Waals surface area contributed by atoms with E-state index in [9.17, 15) is 51.4 Å². The van der Waals surface area contributed by atoms with E-state index in [2.05, 4.69) is 48.1 Å². The van der Waals surface area contributed by atoms with Crippen LogP contribution in [0.25, 0.3) is 64.6 Å². The highest BCUT2D eigenvalue weighted by Gasteiger charge is 2.13. The van der Waals surface area contributed by atoms with E-state index in [4.69, 9.17) is 5.26 Å². The SMILES string of the molecule is N#Cc1cccc(Cc2c[nH]c(=O)c3ccccc23)c1.O=c1[nH]c(Cc2cccc(O)c2)cc2ccccc12.O=c1[nH]cc(Cc2ccc(F)c(F)c2)c2ccccc12.O=c1[nH]cc(Cc2ccc(F)cc2)c2ccccc12.O=c1[nH]cc(Cc2cccc(F)c2)c2ccccc12.O=c1[nH]cc(Cc2ccccc2)c2ccccc12. The van der Waals surface area contributed by atoms with Crippen LogP contribution in [0, 0.1) is 34.6 Å². The standard InChI is InChI=1S/C17H12N2O.C16H11F2NO.2C16H12FNO.C16H13NO2.C16H13NO/c18-10-13-5-3-4-12(8-13)9-14-11-19-17(20)16-7-2-1-6-15(14)16;17-14-6-5-10(8-15(14)18)7-11-9-19-16(20)13-4-2-1-3-12(11)13;17-13-5-3-4-11(9-13)8-12-10-18-16(19)15-7-2-1-6-14(12)15;17-13-7-5-11(6-8-13)9-12-10-18-16(19)15-4-2-1-3-14(12)15;18-14-6-3-4-11(9-14)8-13-10-12-5-1-2-7-15(12)16(19)17-13;18-16-15-9-5-4-8-14(15)13(11-17-16)10-12-6-2-1-3-7-12/h1-8,11H,9H2,(H,19,20);1-6,8-9H,7H2,(H,19,20);1-7,9-10H,8H2,(H,18,19);1-8,10H,9H2,(H,18,19);1-7,9-10,18H,8H2,(H,17,19);1-9,11H,10H2,(H,17,18). The number of fused-ring (bicyclic) bond motifs is 6. The molecule has 0 aliphatic heterocycles. The minimum atomic E-state index is -0.865. The number of hydrogen-bond donors (Lipinski definition) is 7. The Morgan fingerprint density at radius 3 is 1.03 bits per heavy atom. The highest BCUT2D eigenvalue weighted by molar-refractivity contribution is 5.88. The molecule has 12 aromatic carbocycles. The number of benzene rings is 12. The maximum Gasteiger partial charge on any atom is 0.256 e. The van der Waals surface area contributed by atoms with Gasteiger partial charge in [-0.3, -0.25) is 28.8 Å². The van der Waals surface area contributed by atoms with Crippen molar-refractivity contribution in [2.45, 2.75) is 38.5 Å². The zero-order valence-electron chi connectivity index (χ0n) is 61.8. The van der Waals surface area contributed by atoms with Crippen molar-refractivity contribution in [2.75, 3.05) is 0 Å². The van der Waals surface area contributed by atoms with E-state index in [1.807, 2.05) is 188 Å². The molecule has 0 aliphatic rings. The lowest BCUT2D eigenvalue weighted by Gasteiger charge is -2.06. The maximum atomic E-state index is 13.2. The molecule has 0 spiro atoms. The van der Waals surface area contributed by atoms with Crippen LogP contribution >= 0.6 is 0 Å². The number of H-pyrrole nitrogens is 6. The van der Waals surface area contributed by atoms with Crippen molar-refractivity contribution in [3.63, 3.8) is 0 Å². The van der Waals surface area contributed by atoms with Gasteiger partial charge in [-0.2, -0.15) is 5.26 Å². The summed E-state index contributed by atoms with van der Waals surface area (Å²) in [6.45, 7) is 0. The van der Waals surface area contributed by atoms with Gasteiger partial charge in [0.1, 0.15) is 17.4 Å². The average molecular weight is 1520 g/mol. The van der Waals surface area contributed by atoms with Gasteiger partial charge in [0.25, 0.3) is 33.4 Å². The van der Waals surface area contributed by atoms with Crippen LogP contribution < -0.4 is 33.4 Å². The Bertz CT molecular complexity index is 6950. The van der Waals surface area contributed by atoms with E-state index in [0.717, 1.165) is 106 Å². The van der Waals surface area contributed by atoms with Gasteiger partial charge in [0.05, 0.1) is 11.6 Å². The first-order valence-electron chi connectivity index (χ1n) is 36.8. The molecule has 115 heavy (non-hydrogen) atoms. The molecule has 0 amide bonds. The second-order valence-corrected chi connectivity index (χ2v) is 27.2. The molecule has 0 bridgehead atoms. The Hall–Kier alpha value is -15.1. The van der Waals surface area contributed by atoms with Crippen molar-refractivity contribution in [3.05, 3.63) is 486 Å². The molecule has 0 saturated heterocycles. The smallest absolute Gasteiger partial charge is 0.256 e. The van der Waals surface area contributed by atoms with E-state index < -0.39 is 11.6 Å². The molecule has 18 rings (SSSR count). The van der Waals surface area contributed by atoms with Crippen LogP contribution in [-0.4, -0.2) is 35.0 Å². The predicted molar refractivity (Wildman–Crippen MR) is 449 cm³/mol. The number of aromatic amines is 6. The molecule has 6 aromatic heterocycles. The molecule has 18 heteroatoms. The summed E-state index contributed by atoms with van der Waals surface area (Å²) >= 11 is 0. The molecular formula is C97H73F4N7O7. The van der Waals surface area contributed by atoms with Crippen molar-refractivity contribution in [2.24, 2.45) is 0 Å². The summed E-state index contributed by atoms with van der Waals surface area (Å²) in [4.78, 5) is 87.2. The second-order valence-electron chi connectivity index (χ2n) is 27.2. The summed E-state index contributed by atoms with van der Waals surface area (Å²) < 4.78 is 52.2. The Labute approximate surface area is 655 Å². The van der Waals surface area contributed by atoms with E-state index >= 15 is 0 Å². The zero-order chi connectivity index (χ0) is 80.2. The van der Waals surface area contributed by atoms with Crippen LogP contribution in [0.4, 0.5) is 17.6 Å². The monoisotopic (exact) mass is 1520 g/mol. The molecule has 18 aromatic rings. The Morgan fingerprint density at radius 1 is 0.270 bits per heavy atom. The first-order chi connectivity index (χ1) is 56.0. The number of phenolic OH excluding ortho intramolecular Hbond substituents is 1. The molecule has 566 valence electrons. The zero-order valence-corrected chi connectivity index (χ0v) is 61.8. The second kappa shape index (κ2) is 37.1. The van der Waals surface area contributed by atoms with Crippen LogP contribution in [0.5, 0.6) is 5.75 Å². The van der Waals surface area contributed by atoms with Crippen molar-refractivity contribution in [3.8, 4) is 11.8 Å². The van der Waals surface area contributed by atoms with Gasteiger partial charge < -0.3 is 35.0 Å². The predicted octanol–water partition coefficient (Wildman–Crippen LogP) is 18.8. The van der Waals surface area contributed by atoms with Gasteiger partial charge in [-0.1, -0.05) is 194 Å². The maximum absolute atomic E-state index is 13.2. The largest absolute Gasteiger partial charge is 0.508 e. The van der Waals surface area contributed by atoms with Crippen LogP contribution in [0.3, 0.4) is 0 Å². The third-order valence-corrected chi connectivity index (χ3v) is 19.2. The van der Waals surface area contributed by atoms with E-state index in [1.165, 1.54) is 42.0 Å². The summed E-state index contributed by atoms with van der Waals surface area (Å²) in [5.74, 6) is -1.97. The number of aromatic hydroxyl groups is 1. The number of pyridine rings is 6. The topological polar surface area (TPSA) is 241 Å². The van der Waals surface area contributed by atoms with E-state index in [-0.39, 0.29) is 50.7 Å². The van der Waals surface area contributed by atoms with Gasteiger partial charge in [-0.05, 0) is 229 Å². The van der Waals surface area contributed by atoms with E-state index in [1.54, 1.807) is 85.5 Å². The fraction of sp³-hybridized carbons (Fsp3) is 0.0619. The summed E-state index contributed by atoms with van der Waals surface area (Å²) in [7, 11) is 0. The number of nitriles is 1. The molecule has 14 nitrogen and oxygen atoms in total. The average Bonchev–Trinajstić information content (AvgIpc) is 0.831. The number of hydrogen-bond acceptors (Lipinski definition) is 8. The first kappa shape index (κ1) is 78.0. The lowest BCUT2D eigenvalue weighted by Crippen LogP contribution is -2.09. The highest BCUT2D eigenvalue weighted by atomic mass is 19.2. The van der Waals surface area contributed by atoms with Crippen LogP contribution in [0.2, 0.25) is 0 Å². The van der Waals surface area contributed by atoms with Gasteiger partial charge in [0, 0.05) is 75.4 Å². The number of nitrogens with zero attached hydrogens (tertiary/aromatic N) is 1. The van der Waals surface area contributed by atoms with Gasteiger partial charge in [-0.25, -0.2) is 17.6 Å². The Kier molecular flexibility index (Phi) is 25.2. The van der Waals surface area contributed by atoms with Crippen molar-refractivity contribution < 1.29 is 22.7 Å². The number of nitrogens with one attached hydrogen (secondary N) is 6. The number of phenols is 1. The van der Waals surface area contributed by atoms with E-state index in [0.29, 0.717) is 70.2 Å². The third-order valence-electron chi connectivity index (χ3n) is 19.2. The first-order valence-corrected chi connectivity index (χ1v) is 36.8. The fourth-order valence-corrected chi connectivity index (χ4v) is 13.7. The molecule has 7 N–H and O–H groups in total. The Morgan fingerprint density at radius 2 is 0.609 bits per heavy atom. The molecule has 0 saturated carbocycles. The summed E-state index contributed by atoms with van der Waals surface area (Å²) in [6.07, 6.45) is 12.4. The van der Waals surface area contributed by atoms with Gasteiger partial charge in [0.15, 0.2) is 11.6 Å². The van der Waals surface area contributed by atoms with Crippen molar-refractivity contribution in [1.82, 2.24) is 29.9 Å². The van der Waals surface area contributed by atoms with Gasteiger partial charge in [-0.15, -0.1) is 0 Å². The van der Waals surface area contributed by atoms with Gasteiger partial charge >= 0.3 is 0 Å². The minimum absolute atomic E-state index is 0.0255. The van der Waals surface area contributed by atoms with Crippen LogP contribution in [0.1, 0.15) is 72.5 Å². The van der Waals surface area contributed by atoms with Gasteiger partial charge in [0.2, 0.25) is 0 Å². The van der Waals surface area contributed by atoms with Crippen molar-refractivity contribution >= 4 is 64.6 Å². The lowest BCUT2D eigenvalue weighted by molar-refractivity contribution is 0.474. The normalized spacial score (nSPS) is 10.7. The number of rotatable bonds is 12. The quantitative estimate of drug-likeness (QED) is 0.0579.